The SMILES string of the molecule is Cc1nc2ncnn2c(N)c1C#CC1(O)CCC(C(C(=O)O)C(C)(C)C)CC1. The van der Waals surface area contributed by atoms with Gasteiger partial charge in [-0.2, -0.15) is 14.6 Å². The van der Waals surface area contributed by atoms with Gasteiger partial charge in [-0.1, -0.05) is 32.6 Å². The summed E-state index contributed by atoms with van der Waals surface area (Å²) in [6.45, 7) is 7.64. The van der Waals surface area contributed by atoms with Crippen LogP contribution in [0.5, 0.6) is 0 Å². The van der Waals surface area contributed by atoms with Crippen molar-refractivity contribution in [3.05, 3.63) is 17.6 Å². The molecule has 0 aliphatic heterocycles. The number of nitrogens with zero attached hydrogens (tertiary/aromatic N) is 4. The first-order valence-electron chi connectivity index (χ1n) is 9.46. The van der Waals surface area contributed by atoms with Crippen LogP contribution in [0, 0.1) is 36.0 Å². The predicted molar refractivity (Wildman–Crippen MR) is 104 cm³/mol. The van der Waals surface area contributed by atoms with E-state index in [1.165, 1.54) is 10.8 Å². The number of hydrogen-bond donors (Lipinski definition) is 3. The number of aliphatic carboxylic acids is 1. The molecule has 4 N–H and O–H groups in total. The standard InChI is InChI=1S/C20H27N5O3/c1-12-14(16(21)25-18(24-12)22-11-23-25)7-10-20(28)8-5-13(6-9-20)15(17(26)27)19(2,3)4/h11,13,15,28H,5-6,8-9,21H2,1-4H3,(H,26,27). The first-order chi connectivity index (χ1) is 13.0. The van der Waals surface area contributed by atoms with Crippen LogP contribution in [-0.2, 0) is 4.79 Å². The van der Waals surface area contributed by atoms with E-state index < -0.39 is 17.5 Å². The Labute approximate surface area is 164 Å². The van der Waals surface area contributed by atoms with Crippen LogP contribution in [0.15, 0.2) is 6.33 Å². The quantitative estimate of drug-likeness (QED) is 0.675. The molecule has 2 heterocycles. The highest BCUT2D eigenvalue weighted by Gasteiger charge is 2.42. The number of carboxylic acid groups (broad SMARTS) is 1. The average molecular weight is 385 g/mol. The van der Waals surface area contributed by atoms with Crippen molar-refractivity contribution < 1.29 is 15.0 Å². The molecule has 8 nitrogen and oxygen atoms in total. The van der Waals surface area contributed by atoms with Gasteiger partial charge in [0.25, 0.3) is 5.78 Å². The lowest BCUT2D eigenvalue weighted by Crippen LogP contribution is -2.41. The molecule has 8 heteroatoms. The second-order valence-electron chi connectivity index (χ2n) is 8.73. The van der Waals surface area contributed by atoms with E-state index in [2.05, 4.69) is 26.9 Å². The molecule has 1 fully saturated rings. The molecule has 0 saturated heterocycles. The van der Waals surface area contributed by atoms with E-state index in [1.54, 1.807) is 6.92 Å². The van der Waals surface area contributed by atoms with E-state index in [0.717, 1.165) is 0 Å². The van der Waals surface area contributed by atoms with Crippen molar-refractivity contribution in [1.82, 2.24) is 19.6 Å². The van der Waals surface area contributed by atoms with Crippen molar-refractivity contribution in [2.75, 3.05) is 5.73 Å². The van der Waals surface area contributed by atoms with Crippen molar-refractivity contribution >= 4 is 17.6 Å². The number of carbonyl (C=O) groups is 1. The summed E-state index contributed by atoms with van der Waals surface area (Å²) in [5.74, 6) is 5.49. The lowest BCUT2D eigenvalue weighted by atomic mass is 9.66. The Balaban J connectivity index is 1.80. The van der Waals surface area contributed by atoms with Crippen LogP contribution in [0.2, 0.25) is 0 Å². The van der Waals surface area contributed by atoms with E-state index >= 15 is 0 Å². The molecule has 0 aromatic carbocycles. The molecule has 150 valence electrons. The largest absolute Gasteiger partial charge is 0.481 e. The summed E-state index contributed by atoms with van der Waals surface area (Å²) in [4.78, 5) is 20.1. The number of aromatic nitrogens is 4. The Hall–Kier alpha value is -2.66. The Morgan fingerprint density at radius 3 is 2.61 bits per heavy atom. The van der Waals surface area contributed by atoms with Gasteiger partial charge in [0.05, 0.1) is 17.2 Å². The predicted octanol–water partition coefficient (Wildman–Crippen LogP) is 2.03. The highest BCUT2D eigenvalue weighted by atomic mass is 16.4. The van der Waals surface area contributed by atoms with E-state index in [-0.39, 0.29) is 11.3 Å². The minimum Gasteiger partial charge on any atom is -0.481 e. The van der Waals surface area contributed by atoms with Gasteiger partial charge in [0.1, 0.15) is 17.7 Å². The second-order valence-corrected chi connectivity index (χ2v) is 8.73. The minimum atomic E-state index is -1.16. The monoisotopic (exact) mass is 385 g/mol. The molecule has 1 saturated carbocycles. The van der Waals surface area contributed by atoms with Crippen molar-refractivity contribution in [1.29, 1.82) is 0 Å². The van der Waals surface area contributed by atoms with Gasteiger partial charge in [-0.15, -0.1) is 0 Å². The van der Waals surface area contributed by atoms with Crippen molar-refractivity contribution in [3.8, 4) is 11.8 Å². The van der Waals surface area contributed by atoms with Crippen molar-refractivity contribution in [2.45, 2.75) is 59.0 Å². The maximum absolute atomic E-state index is 11.8. The lowest BCUT2D eigenvalue weighted by molar-refractivity contribution is -0.149. The number of hydrogen-bond acceptors (Lipinski definition) is 6. The number of aryl methyl sites for hydroxylation is 1. The number of aliphatic hydroxyl groups is 1. The number of nitrogen functional groups attached to an aromatic ring is 1. The molecular formula is C20H27N5O3. The molecule has 0 bridgehead atoms. The van der Waals surface area contributed by atoms with Gasteiger partial charge in [-0.25, -0.2) is 4.98 Å². The fraction of sp³-hybridized carbons (Fsp3) is 0.600. The van der Waals surface area contributed by atoms with Crippen LogP contribution in [0.1, 0.15) is 57.7 Å². The Bertz CT molecular complexity index is 956. The van der Waals surface area contributed by atoms with Gasteiger partial charge >= 0.3 is 5.97 Å². The summed E-state index contributed by atoms with van der Waals surface area (Å²) in [7, 11) is 0. The average Bonchev–Trinajstić information content (AvgIpc) is 3.04. The first-order valence-corrected chi connectivity index (χ1v) is 9.46. The third kappa shape index (κ3) is 3.80. The van der Waals surface area contributed by atoms with Crippen LogP contribution in [0.3, 0.4) is 0 Å². The molecule has 1 atom stereocenters. The molecule has 0 radical (unpaired) electrons. The molecule has 0 spiro atoms. The Kier molecular flexibility index (Phi) is 5.06. The molecule has 0 amide bonds. The zero-order valence-electron chi connectivity index (χ0n) is 16.7. The van der Waals surface area contributed by atoms with Crippen molar-refractivity contribution in [3.63, 3.8) is 0 Å². The summed E-state index contributed by atoms with van der Waals surface area (Å²) in [6.07, 6.45) is 3.48. The normalized spacial score (nSPS) is 23.8. The van der Waals surface area contributed by atoms with Crippen molar-refractivity contribution in [2.24, 2.45) is 17.3 Å². The maximum atomic E-state index is 11.8. The van der Waals surface area contributed by atoms with Crippen LogP contribution >= 0.6 is 0 Å². The molecule has 1 aliphatic rings. The molecule has 1 unspecified atom stereocenters. The Morgan fingerprint density at radius 1 is 1.39 bits per heavy atom. The van der Waals surface area contributed by atoms with E-state index in [1.807, 2.05) is 20.8 Å². The van der Waals surface area contributed by atoms with Gasteiger partial charge in [0, 0.05) is 0 Å². The number of fused-ring (bicyclic) bond motifs is 1. The van der Waals surface area contributed by atoms with Gasteiger partial charge in [-0.05, 0) is 43.9 Å². The molecule has 2 aromatic heterocycles. The Morgan fingerprint density at radius 2 is 2.04 bits per heavy atom. The van der Waals surface area contributed by atoms with Gasteiger partial charge in [-0.3, -0.25) is 4.79 Å². The van der Waals surface area contributed by atoms with Gasteiger partial charge in [0.15, 0.2) is 0 Å². The fourth-order valence-corrected chi connectivity index (χ4v) is 4.17. The van der Waals surface area contributed by atoms with E-state index in [4.69, 9.17) is 5.73 Å². The number of anilines is 1. The molecule has 3 rings (SSSR count). The highest BCUT2D eigenvalue weighted by Crippen LogP contribution is 2.42. The zero-order valence-corrected chi connectivity index (χ0v) is 16.7. The van der Waals surface area contributed by atoms with Crippen LogP contribution in [0.25, 0.3) is 5.78 Å². The number of nitrogens with two attached hydrogens (primary N) is 1. The molecular weight excluding hydrogens is 358 g/mol. The third-order valence-corrected chi connectivity index (χ3v) is 5.59. The summed E-state index contributed by atoms with van der Waals surface area (Å²) in [5, 5.41) is 24.6. The number of rotatable bonds is 2. The van der Waals surface area contributed by atoms with E-state index in [9.17, 15) is 15.0 Å². The smallest absolute Gasteiger partial charge is 0.307 e. The summed E-state index contributed by atoms with van der Waals surface area (Å²) < 4.78 is 1.42. The first kappa shape index (κ1) is 20.1. The van der Waals surface area contributed by atoms with Crippen LogP contribution in [-0.4, -0.2) is 41.4 Å². The third-order valence-electron chi connectivity index (χ3n) is 5.59. The van der Waals surface area contributed by atoms with Gasteiger partial charge < -0.3 is 15.9 Å². The van der Waals surface area contributed by atoms with Crippen LogP contribution in [0.4, 0.5) is 5.82 Å². The summed E-state index contributed by atoms with van der Waals surface area (Å²) in [5.41, 5.74) is 5.79. The lowest BCUT2D eigenvalue weighted by Gasteiger charge is -2.39. The topological polar surface area (TPSA) is 127 Å². The summed E-state index contributed by atoms with van der Waals surface area (Å²) in [6, 6.07) is 0. The minimum absolute atomic E-state index is 0.0274. The fourth-order valence-electron chi connectivity index (χ4n) is 4.17. The molecule has 1 aliphatic carbocycles. The number of carboxylic acids is 1. The van der Waals surface area contributed by atoms with E-state index in [0.29, 0.717) is 48.5 Å². The summed E-state index contributed by atoms with van der Waals surface area (Å²) >= 11 is 0. The van der Waals surface area contributed by atoms with Gasteiger partial charge in [0.2, 0.25) is 0 Å². The highest BCUT2D eigenvalue weighted by molar-refractivity contribution is 5.71. The second kappa shape index (κ2) is 7.06. The van der Waals surface area contributed by atoms with Crippen LogP contribution < -0.4 is 5.73 Å². The molecule has 28 heavy (non-hydrogen) atoms. The molecule has 2 aromatic rings. The maximum Gasteiger partial charge on any atom is 0.307 e. The zero-order chi connectivity index (χ0) is 20.7.